The molecule has 0 aliphatic carbocycles. The van der Waals surface area contributed by atoms with Crippen LogP contribution < -0.4 is 10.3 Å². The van der Waals surface area contributed by atoms with Crippen LogP contribution in [0.1, 0.15) is 30.8 Å². The van der Waals surface area contributed by atoms with Crippen molar-refractivity contribution in [2.24, 2.45) is 5.92 Å². The highest BCUT2D eigenvalue weighted by molar-refractivity contribution is 5.83. The van der Waals surface area contributed by atoms with E-state index in [4.69, 9.17) is 4.74 Å². The number of hydrogen-bond donors (Lipinski definition) is 2. The lowest BCUT2D eigenvalue weighted by atomic mass is 10.1. The lowest BCUT2D eigenvalue weighted by Crippen LogP contribution is -2.20. The van der Waals surface area contributed by atoms with Gasteiger partial charge in [-0.25, -0.2) is 4.98 Å². The summed E-state index contributed by atoms with van der Waals surface area (Å²) in [6, 6.07) is 8.09. The Labute approximate surface area is 134 Å². The zero-order valence-corrected chi connectivity index (χ0v) is 13.6. The molecule has 0 bridgehead atoms. The zero-order valence-electron chi connectivity index (χ0n) is 13.6. The van der Waals surface area contributed by atoms with Crippen LogP contribution in [-0.4, -0.2) is 22.1 Å². The first-order valence-corrected chi connectivity index (χ1v) is 7.79. The minimum absolute atomic E-state index is 0.130. The van der Waals surface area contributed by atoms with Gasteiger partial charge in [-0.05, 0) is 24.0 Å². The number of methoxy groups -OCH3 is 1. The fourth-order valence-electron chi connectivity index (χ4n) is 2.79. The van der Waals surface area contributed by atoms with E-state index in [9.17, 15) is 4.79 Å². The van der Waals surface area contributed by atoms with Gasteiger partial charge in [0.1, 0.15) is 5.69 Å². The molecule has 0 radical (unpaired) electrons. The van der Waals surface area contributed by atoms with Gasteiger partial charge < -0.3 is 14.7 Å². The Hall–Kier alpha value is -2.56. The summed E-state index contributed by atoms with van der Waals surface area (Å²) in [6.45, 7) is 4.13. The average molecular weight is 311 g/mol. The molecular formula is C18H21N3O2. The second-order valence-electron chi connectivity index (χ2n) is 6.13. The van der Waals surface area contributed by atoms with E-state index in [0.717, 1.165) is 16.5 Å². The van der Waals surface area contributed by atoms with Crippen molar-refractivity contribution < 1.29 is 4.74 Å². The molecule has 3 aromatic rings. The van der Waals surface area contributed by atoms with Crippen molar-refractivity contribution >= 4 is 10.9 Å². The van der Waals surface area contributed by atoms with Gasteiger partial charge in [0.15, 0.2) is 0 Å². The van der Waals surface area contributed by atoms with Gasteiger partial charge in [-0.1, -0.05) is 32.0 Å². The topological polar surface area (TPSA) is 70.8 Å². The molecule has 0 aliphatic rings. The van der Waals surface area contributed by atoms with Crippen LogP contribution in [0.25, 0.3) is 10.9 Å². The highest BCUT2D eigenvalue weighted by atomic mass is 16.5. The fourth-order valence-corrected chi connectivity index (χ4v) is 2.79. The summed E-state index contributed by atoms with van der Waals surface area (Å²) in [6.07, 6.45) is 3.17. The molecule has 0 atom stereocenters. The summed E-state index contributed by atoms with van der Waals surface area (Å²) in [5.74, 6) is 0.860. The quantitative estimate of drug-likeness (QED) is 0.761. The lowest BCUT2D eigenvalue weighted by Gasteiger charge is -2.10. The van der Waals surface area contributed by atoms with Crippen LogP contribution in [0.15, 0.2) is 35.3 Å². The minimum Gasteiger partial charge on any atom is -0.480 e. The summed E-state index contributed by atoms with van der Waals surface area (Å²) in [5.41, 5.74) is 3.28. The molecule has 5 heteroatoms. The maximum absolute atomic E-state index is 12.3. The van der Waals surface area contributed by atoms with Crippen LogP contribution in [-0.2, 0) is 12.8 Å². The van der Waals surface area contributed by atoms with Crippen molar-refractivity contribution in [2.45, 2.75) is 26.7 Å². The molecule has 2 N–H and O–H groups in total. The first kappa shape index (κ1) is 15.3. The normalized spacial score (nSPS) is 11.3. The van der Waals surface area contributed by atoms with Crippen molar-refractivity contribution in [1.82, 2.24) is 15.0 Å². The highest BCUT2D eigenvalue weighted by Gasteiger charge is 2.14. The van der Waals surface area contributed by atoms with Gasteiger partial charge >= 0.3 is 0 Å². The van der Waals surface area contributed by atoms with Crippen LogP contribution in [0.2, 0.25) is 0 Å². The third kappa shape index (κ3) is 3.13. The van der Waals surface area contributed by atoms with Crippen LogP contribution in [0, 0.1) is 5.92 Å². The Kier molecular flexibility index (Phi) is 4.19. The van der Waals surface area contributed by atoms with Gasteiger partial charge in [0.05, 0.1) is 12.8 Å². The molecule has 0 spiro atoms. The molecule has 5 nitrogen and oxygen atoms in total. The predicted octanol–water partition coefficient (Wildman–Crippen LogP) is 3.05. The summed E-state index contributed by atoms with van der Waals surface area (Å²) < 4.78 is 5.39. The van der Waals surface area contributed by atoms with Crippen molar-refractivity contribution in [3.8, 4) is 5.88 Å². The Morgan fingerprint density at radius 3 is 2.78 bits per heavy atom. The molecule has 0 saturated heterocycles. The highest BCUT2D eigenvalue weighted by Crippen LogP contribution is 2.23. The van der Waals surface area contributed by atoms with Gasteiger partial charge in [-0.2, -0.15) is 0 Å². The number of H-pyrrole nitrogens is 2. The Morgan fingerprint density at radius 2 is 2.04 bits per heavy atom. The smallest absolute Gasteiger partial charge is 0.270 e. The summed E-state index contributed by atoms with van der Waals surface area (Å²) in [4.78, 5) is 22.9. The Morgan fingerprint density at radius 1 is 1.26 bits per heavy atom. The number of ether oxygens (including phenoxy) is 1. The fraction of sp³-hybridized carbons (Fsp3) is 0.333. The van der Waals surface area contributed by atoms with E-state index in [-0.39, 0.29) is 5.56 Å². The van der Waals surface area contributed by atoms with E-state index in [2.05, 4.69) is 34.9 Å². The van der Waals surface area contributed by atoms with Gasteiger partial charge in [-0.3, -0.25) is 4.79 Å². The molecule has 0 saturated carbocycles. The maximum Gasteiger partial charge on any atom is 0.270 e. The Balaban J connectivity index is 1.99. The molecular weight excluding hydrogens is 290 g/mol. The number of benzene rings is 1. The van der Waals surface area contributed by atoms with Crippen LogP contribution in [0.5, 0.6) is 5.88 Å². The number of fused-ring (bicyclic) bond motifs is 1. The van der Waals surface area contributed by atoms with Crippen molar-refractivity contribution in [3.63, 3.8) is 0 Å². The molecule has 3 rings (SSSR count). The average Bonchev–Trinajstić information content (AvgIpc) is 2.93. The third-order valence-electron chi connectivity index (χ3n) is 3.86. The zero-order chi connectivity index (χ0) is 16.4. The number of para-hydroxylation sites is 1. The summed E-state index contributed by atoms with van der Waals surface area (Å²) in [5, 5.41) is 1.14. The number of hydrogen-bond acceptors (Lipinski definition) is 3. The van der Waals surface area contributed by atoms with Crippen LogP contribution in [0.3, 0.4) is 0 Å². The number of nitrogens with one attached hydrogen (secondary N) is 2. The second kappa shape index (κ2) is 6.28. The van der Waals surface area contributed by atoms with Gasteiger partial charge in [0, 0.05) is 23.5 Å². The predicted molar refractivity (Wildman–Crippen MR) is 91.1 cm³/mol. The summed E-state index contributed by atoms with van der Waals surface area (Å²) >= 11 is 0. The van der Waals surface area contributed by atoms with Gasteiger partial charge in [0.25, 0.3) is 5.56 Å². The van der Waals surface area contributed by atoms with Gasteiger partial charge in [-0.15, -0.1) is 0 Å². The van der Waals surface area contributed by atoms with E-state index < -0.39 is 0 Å². The molecule has 23 heavy (non-hydrogen) atoms. The number of aromatic amines is 2. The third-order valence-corrected chi connectivity index (χ3v) is 3.86. The van der Waals surface area contributed by atoms with Crippen molar-refractivity contribution in [1.29, 1.82) is 0 Å². The molecule has 2 aromatic heterocycles. The van der Waals surface area contributed by atoms with Gasteiger partial charge in [0.2, 0.25) is 5.88 Å². The molecule has 0 fully saturated rings. The van der Waals surface area contributed by atoms with E-state index in [0.29, 0.717) is 36.0 Å². The van der Waals surface area contributed by atoms with Crippen LogP contribution in [0.4, 0.5) is 0 Å². The summed E-state index contributed by atoms with van der Waals surface area (Å²) in [7, 11) is 1.58. The molecule has 120 valence electrons. The number of rotatable bonds is 5. The van der Waals surface area contributed by atoms with E-state index in [1.807, 2.05) is 24.4 Å². The van der Waals surface area contributed by atoms with E-state index >= 15 is 0 Å². The Bertz CT molecular complexity index is 877. The van der Waals surface area contributed by atoms with Crippen molar-refractivity contribution in [2.75, 3.05) is 7.11 Å². The first-order valence-electron chi connectivity index (χ1n) is 7.79. The maximum atomic E-state index is 12.3. The van der Waals surface area contributed by atoms with Crippen LogP contribution >= 0.6 is 0 Å². The minimum atomic E-state index is -0.130. The number of aromatic nitrogens is 3. The molecule has 0 aliphatic heterocycles. The molecule has 1 aromatic carbocycles. The molecule has 0 amide bonds. The second-order valence-corrected chi connectivity index (χ2v) is 6.13. The van der Waals surface area contributed by atoms with E-state index in [1.54, 1.807) is 7.11 Å². The first-order chi connectivity index (χ1) is 11.1. The lowest BCUT2D eigenvalue weighted by molar-refractivity contribution is 0.386. The SMILES string of the molecule is COc1nc(CC(C)C)c(=O)[nH]c1Cc1c[nH]c2ccccc12. The number of nitrogens with zero attached hydrogens (tertiary/aromatic N) is 1. The van der Waals surface area contributed by atoms with E-state index in [1.165, 1.54) is 0 Å². The molecule has 0 unspecified atom stereocenters. The monoisotopic (exact) mass is 311 g/mol. The molecule has 2 heterocycles. The largest absolute Gasteiger partial charge is 0.480 e. The standard InChI is InChI=1S/C18H21N3O2/c1-11(2)8-15-17(22)20-16(18(21-15)23-3)9-12-10-19-14-7-5-4-6-13(12)14/h4-7,10-11,19H,8-9H2,1-3H3,(H,20,22). The van der Waals surface area contributed by atoms with Crippen molar-refractivity contribution in [3.05, 3.63) is 57.8 Å².